The number of hydrogen-bond acceptors (Lipinski definition) is 7. The normalized spacial score (nSPS) is 12.4. The zero-order chi connectivity index (χ0) is 24.8. The molecule has 0 heterocycles. The number of anilines is 1. The first-order valence-corrected chi connectivity index (χ1v) is 10.7. The van der Waals surface area contributed by atoms with Crippen LogP contribution in [0.15, 0.2) is 24.3 Å². The molecular formula is C21H35N7O5. The molecule has 1 rings (SSSR count). The topological polar surface area (TPSA) is 190 Å². The van der Waals surface area contributed by atoms with Gasteiger partial charge in [-0.3, -0.25) is 9.59 Å². The van der Waals surface area contributed by atoms with E-state index in [1.807, 2.05) is 0 Å². The second-order valence-electron chi connectivity index (χ2n) is 7.68. The molecule has 0 radical (unpaired) electrons. The Kier molecular flexibility index (Phi) is 12.3. The van der Waals surface area contributed by atoms with E-state index in [1.54, 1.807) is 45.2 Å². The third kappa shape index (κ3) is 10.7. The number of ether oxygens (including phenoxy) is 1. The number of nitrogens with one attached hydrogen (secondary N) is 5. The maximum absolute atomic E-state index is 12.9. The third-order valence-corrected chi connectivity index (χ3v) is 4.64. The quantitative estimate of drug-likeness (QED) is 0.157. The van der Waals surface area contributed by atoms with E-state index in [1.165, 1.54) is 0 Å². The molecule has 0 spiro atoms. The van der Waals surface area contributed by atoms with Crippen LogP contribution in [-0.2, 0) is 20.9 Å². The van der Waals surface area contributed by atoms with E-state index in [4.69, 9.17) is 16.2 Å². The van der Waals surface area contributed by atoms with Crippen LogP contribution in [0.2, 0.25) is 0 Å². The highest BCUT2D eigenvalue weighted by Gasteiger charge is 2.28. The molecule has 1 aromatic rings. The largest absolute Gasteiger partial charge is 0.445 e. The zero-order valence-corrected chi connectivity index (χ0v) is 19.3. The lowest BCUT2D eigenvalue weighted by Gasteiger charge is -2.24. The number of benzene rings is 1. The van der Waals surface area contributed by atoms with E-state index >= 15 is 0 Å². The number of primary amides is 1. The Morgan fingerprint density at radius 1 is 1.03 bits per heavy atom. The molecule has 0 aromatic heterocycles. The van der Waals surface area contributed by atoms with Crippen LogP contribution in [0.1, 0.15) is 32.3 Å². The average Bonchev–Trinajstić information content (AvgIpc) is 2.76. The Morgan fingerprint density at radius 3 is 2.24 bits per heavy atom. The van der Waals surface area contributed by atoms with Crippen molar-refractivity contribution in [3.05, 3.63) is 29.8 Å². The molecular weight excluding hydrogens is 430 g/mol. The van der Waals surface area contributed by atoms with Crippen LogP contribution in [0.25, 0.3) is 0 Å². The van der Waals surface area contributed by atoms with Gasteiger partial charge in [-0.15, -0.1) is 0 Å². The summed E-state index contributed by atoms with van der Waals surface area (Å²) < 4.78 is 4.99. The van der Waals surface area contributed by atoms with Crippen molar-refractivity contribution in [2.45, 2.75) is 45.4 Å². The molecule has 1 aromatic carbocycles. The van der Waals surface area contributed by atoms with E-state index < -0.39 is 36.0 Å². The number of urea groups is 1. The second-order valence-corrected chi connectivity index (χ2v) is 7.68. The summed E-state index contributed by atoms with van der Waals surface area (Å²) in [5, 5.41) is 13.2. The molecule has 2 unspecified atom stereocenters. The smallest absolute Gasteiger partial charge is 0.408 e. The fraction of sp³-hybridized carbons (Fsp3) is 0.524. The van der Waals surface area contributed by atoms with Crippen LogP contribution in [0.3, 0.4) is 0 Å². The molecule has 0 aliphatic rings. The maximum Gasteiger partial charge on any atom is 0.408 e. The van der Waals surface area contributed by atoms with Crippen LogP contribution < -0.4 is 38.1 Å². The molecule has 12 heteroatoms. The van der Waals surface area contributed by atoms with Gasteiger partial charge in [0, 0.05) is 5.69 Å². The van der Waals surface area contributed by atoms with Crippen molar-refractivity contribution in [2.24, 2.45) is 17.4 Å². The van der Waals surface area contributed by atoms with Gasteiger partial charge in [0.15, 0.2) is 0 Å². The lowest BCUT2D eigenvalue weighted by molar-refractivity contribution is -0.128. The van der Waals surface area contributed by atoms with Gasteiger partial charge in [-0.05, 0) is 50.0 Å². The van der Waals surface area contributed by atoms with Gasteiger partial charge in [0.05, 0.1) is 6.67 Å². The molecule has 0 aliphatic heterocycles. The summed E-state index contributed by atoms with van der Waals surface area (Å²) in [7, 11) is 1.80. The maximum atomic E-state index is 12.9. The summed E-state index contributed by atoms with van der Waals surface area (Å²) >= 11 is 0. The molecule has 0 fully saturated rings. The number of carbonyl (C=O) groups is 4. The van der Waals surface area contributed by atoms with Crippen molar-refractivity contribution < 1.29 is 23.9 Å². The van der Waals surface area contributed by atoms with Crippen LogP contribution in [-0.4, -0.2) is 56.3 Å². The highest BCUT2D eigenvalue weighted by Crippen LogP contribution is 2.12. The van der Waals surface area contributed by atoms with Gasteiger partial charge in [0.1, 0.15) is 18.7 Å². The molecule has 184 valence electrons. The van der Waals surface area contributed by atoms with E-state index in [-0.39, 0.29) is 19.2 Å². The lowest BCUT2D eigenvalue weighted by Crippen LogP contribution is -2.55. The summed E-state index contributed by atoms with van der Waals surface area (Å²) in [6, 6.07) is 4.23. The fourth-order valence-electron chi connectivity index (χ4n) is 2.90. The highest BCUT2D eigenvalue weighted by molar-refractivity contribution is 5.98. The van der Waals surface area contributed by atoms with Crippen molar-refractivity contribution in [3.8, 4) is 0 Å². The average molecular weight is 466 g/mol. The third-order valence-electron chi connectivity index (χ3n) is 4.64. The van der Waals surface area contributed by atoms with Gasteiger partial charge in [0.2, 0.25) is 11.8 Å². The number of amides is 5. The number of nitrogens with two attached hydrogens (primary N) is 2. The standard InChI is InChI=1S/C21H35N7O5/c1-13(2)17(28-20(23)31)19(30)27-16(5-4-10-24-3)18(29)26-15-8-6-14(7-9-15)11-33-21(32)25-12-22/h6-9,13,16-17,24H,4-5,10-12,22H2,1-3H3,(H,25,32)(H,26,29)(H,27,30)(H3,23,28,31). The fourth-order valence-corrected chi connectivity index (χ4v) is 2.90. The summed E-state index contributed by atoms with van der Waals surface area (Å²) in [6.45, 7) is 4.22. The monoisotopic (exact) mass is 465 g/mol. The molecule has 0 saturated heterocycles. The number of carbonyl (C=O) groups excluding carboxylic acids is 4. The molecule has 12 nitrogen and oxygen atoms in total. The SMILES string of the molecule is CNCCCC(NC(=O)C(NC(N)=O)C(C)C)C(=O)Nc1ccc(COC(=O)NCN)cc1. The Balaban J connectivity index is 2.80. The Hall–Kier alpha value is -3.38. The zero-order valence-electron chi connectivity index (χ0n) is 19.3. The van der Waals surface area contributed by atoms with Gasteiger partial charge in [0.25, 0.3) is 0 Å². The summed E-state index contributed by atoms with van der Waals surface area (Å²) in [4.78, 5) is 48.1. The Labute approximate surface area is 193 Å². The predicted molar refractivity (Wildman–Crippen MR) is 124 cm³/mol. The van der Waals surface area contributed by atoms with E-state index in [9.17, 15) is 19.2 Å². The van der Waals surface area contributed by atoms with Crippen molar-refractivity contribution in [3.63, 3.8) is 0 Å². The molecule has 5 amide bonds. The van der Waals surface area contributed by atoms with Gasteiger partial charge >= 0.3 is 12.1 Å². The van der Waals surface area contributed by atoms with Gasteiger partial charge in [-0.1, -0.05) is 26.0 Å². The first kappa shape index (κ1) is 27.7. The molecule has 2 atom stereocenters. The van der Waals surface area contributed by atoms with E-state index in [2.05, 4.69) is 26.6 Å². The van der Waals surface area contributed by atoms with Crippen molar-refractivity contribution in [1.82, 2.24) is 21.3 Å². The van der Waals surface area contributed by atoms with Crippen molar-refractivity contribution >= 4 is 29.6 Å². The molecule has 0 aliphatic carbocycles. The highest BCUT2D eigenvalue weighted by atomic mass is 16.5. The van der Waals surface area contributed by atoms with Crippen LogP contribution in [0, 0.1) is 5.92 Å². The van der Waals surface area contributed by atoms with Crippen LogP contribution >= 0.6 is 0 Å². The lowest BCUT2D eigenvalue weighted by atomic mass is 10.0. The number of alkyl carbamates (subject to hydrolysis) is 1. The van der Waals surface area contributed by atoms with Crippen molar-refractivity contribution in [2.75, 3.05) is 25.6 Å². The summed E-state index contributed by atoms with van der Waals surface area (Å²) in [5.74, 6) is -1.11. The number of hydrogen-bond donors (Lipinski definition) is 7. The minimum absolute atomic E-state index is 0.0215. The van der Waals surface area contributed by atoms with Crippen LogP contribution in [0.5, 0.6) is 0 Å². The second kappa shape index (κ2) is 14.6. The first-order chi connectivity index (χ1) is 15.7. The van der Waals surface area contributed by atoms with Gasteiger partial charge < -0.3 is 42.8 Å². The number of rotatable bonds is 13. The minimum atomic E-state index is -0.863. The molecule has 0 saturated carbocycles. The molecule has 9 N–H and O–H groups in total. The van der Waals surface area contributed by atoms with Crippen LogP contribution in [0.4, 0.5) is 15.3 Å². The molecule has 33 heavy (non-hydrogen) atoms. The van der Waals surface area contributed by atoms with E-state index in [0.29, 0.717) is 25.1 Å². The predicted octanol–water partition coefficient (Wildman–Crippen LogP) is -0.0552. The van der Waals surface area contributed by atoms with Crippen molar-refractivity contribution in [1.29, 1.82) is 0 Å². The minimum Gasteiger partial charge on any atom is -0.445 e. The van der Waals surface area contributed by atoms with Gasteiger partial charge in [-0.25, -0.2) is 9.59 Å². The molecule has 0 bridgehead atoms. The first-order valence-electron chi connectivity index (χ1n) is 10.7. The summed E-state index contributed by atoms with van der Waals surface area (Å²) in [5.41, 5.74) is 11.6. The Bertz CT molecular complexity index is 786. The van der Waals surface area contributed by atoms with E-state index in [0.717, 1.165) is 5.56 Å². The Morgan fingerprint density at radius 2 is 1.70 bits per heavy atom. The van der Waals surface area contributed by atoms with Gasteiger partial charge in [-0.2, -0.15) is 0 Å². The summed E-state index contributed by atoms with van der Waals surface area (Å²) in [6.07, 6.45) is 0.411.